The summed E-state index contributed by atoms with van der Waals surface area (Å²) in [6, 6.07) is 7.52. The molecule has 2 aromatic rings. The van der Waals surface area contributed by atoms with Crippen molar-refractivity contribution in [3.8, 4) is 0 Å². The first-order valence-electron chi connectivity index (χ1n) is 6.06. The van der Waals surface area contributed by atoms with Crippen LogP contribution in [0, 0.1) is 0 Å². The number of hydrogen-bond acceptors (Lipinski definition) is 4. The molecule has 0 spiro atoms. The number of aryl methyl sites for hydroxylation is 1. The SMILES string of the molecule is CCCn1nncc1Sc1ccc(CC(=O)O)cc1. The van der Waals surface area contributed by atoms with Gasteiger partial charge >= 0.3 is 5.97 Å². The van der Waals surface area contributed by atoms with E-state index in [1.807, 2.05) is 28.9 Å². The van der Waals surface area contributed by atoms with Crippen molar-refractivity contribution in [2.75, 3.05) is 0 Å². The van der Waals surface area contributed by atoms with E-state index in [0.29, 0.717) is 0 Å². The Kier molecular flexibility index (Phi) is 4.57. The predicted octanol–water partition coefficient (Wildman–Crippen LogP) is 2.47. The van der Waals surface area contributed by atoms with Gasteiger partial charge in [0.1, 0.15) is 5.03 Å². The zero-order valence-electron chi connectivity index (χ0n) is 10.6. The van der Waals surface area contributed by atoms with Gasteiger partial charge in [0, 0.05) is 11.4 Å². The summed E-state index contributed by atoms with van der Waals surface area (Å²) < 4.78 is 1.87. The lowest BCUT2D eigenvalue weighted by Crippen LogP contribution is -2.01. The Bertz CT molecular complexity index is 551. The van der Waals surface area contributed by atoms with Gasteiger partial charge in [0.25, 0.3) is 0 Å². The van der Waals surface area contributed by atoms with Gasteiger partial charge in [0.15, 0.2) is 0 Å². The van der Waals surface area contributed by atoms with Crippen LogP contribution in [0.2, 0.25) is 0 Å². The molecule has 1 aromatic heterocycles. The quantitative estimate of drug-likeness (QED) is 0.878. The molecule has 1 N–H and O–H groups in total. The number of carboxylic acids is 1. The van der Waals surface area contributed by atoms with Gasteiger partial charge in [-0.25, -0.2) is 4.68 Å². The van der Waals surface area contributed by atoms with Crippen molar-refractivity contribution < 1.29 is 9.90 Å². The molecule has 6 heteroatoms. The summed E-state index contributed by atoms with van der Waals surface area (Å²) in [6.45, 7) is 2.94. The van der Waals surface area contributed by atoms with Crippen LogP contribution in [0.5, 0.6) is 0 Å². The highest BCUT2D eigenvalue weighted by Gasteiger charge is 2.06. The Labute approximate surface area is 115 Å². The molecule has 0 aliphatic heterocycles. The number of carboxylic acid groups (broad SMARTS) is 1. The largest absolute Gasteiger partial charge is 0.481 e. The van der Waals surface area contributed by atoms with Crippen LogP contribution >= 0.6 is 11.8 Å². The second-order valence-electron chi connectivity index (χ2n) is 4.11. The average molecular weight is 277 g/mol. The summed E-state index contributed by atoms with van der Waals surface area (Å²) in [5.41, 5.74) is 0.803. The molecule has 0 saturated heterocycles. The van der Waals surface area contributed by atoms with E-state index in [1.165, 1.54) is 0 Å². The molecule has 100 valence electrons. The summed E-state index contributed by atoms with van der Waals surface area (Å²) in [7, 11) is 0. The first kappa shape index (κ1) is 13.6. The molecule has 0 aliphatic rings. The number of aliphatic carboxylic acids is 1. The van der Waals surface area contributed by atoms with Gasteiger partial charge in [-0.3, -0.25) is 4.79 Å². The van der Waals surface area contributed by atoms with E-state index in [1.54, 1.807) is 18.0 Å². The van der Waals surface area contributed by atoms with Crippen LogP contribution < -0.4 is 0 Å². The molecule has 1 aromatic carbocycles. The first-order valence-corrected chi connectivity index (χ1v) is 6.87. The van der Waals surface area contributed by atoms with E-state index in [0.717, 1.165) is 28.5 Å². The second-order valence-corrected chi connectivity index (χ2v) is 5.21. The van der Waals surface area contributed by atoms with E-state index in [-0.39, 0.29) is 6.42 Å². The molecule has 2 rings (SSSR count). The van der Waals surface area contributed by atoms with Gasteiger partial charge in [-0.2, -0.15) is 0 Å². The number of aromatic nitrogens is 3. The lowest BCUT2D eigenvalue weighted by molar-refractivity contribution is -0.136. The van der Waals surface area contributed by atoms with Crippen molar-refractivity contribution >= 4 is 17.7 Å². The van der Waals surface area contributed by atoms with Gasteiger partial charge in [0.05, 0.1) is 12.6 Å². The maximum absolute atomic E-state index is 10.6. The molecule has 0 radical (unpaired) electrons. The van der Waals surface area contributed by atoms with Gasteiger partial charge in [-0.05, 0) is 24.1 Å². The molecule has 0 amide bonds. The Morgan fingerprint density at radius 1 is 1.37 bits per heavy atom. The van der Waals surface area contributed by atoms with Gasteiger partial charge in [0.2, 0.25) is 0 Å². The smallest absolute Gasteiger partial charge is 0.307 e. The third kappa shape index (κ3) is 3.82. The van der Waals surface area contributed by atoms with Crippen molar-refractivity contribution in [3.05, 3.63) is 36.0 Å². The lowest BCUT2D eigenvalue weighted by atomic mass is 10.2. The third-order valence-corrected chi connectivity index (χ3v) is 3.55. The van der Waals surface area contributed by atoms with Gasteiger partial charge in [-0.1, -0.05) is 36.0 Å². The number of nitrogens with zero attached hydrogens (tertiary/aromatic N) is 3. The predicted molar refractivity (Wildman–Crippen MR) is 72.2 cm³/mol. The van der Waals surface area contributed by atoms with Crippen LogP contribution in [-0.4, -0.2) is 26.1 Å². The molecule has 1 heterocycles. The standard InChI is InChI=1S/C13H15N3O2S/c1-2-7-16-12(9-14-15-16)19-11-5-3-10(4-6-11)8-13(17)18/h3-6,9H,2,7-8H2,1H3,(H,17,18). The Hall–Kier alpha value is -1.82. The van der Waals surface area contributed by atoms with Crippen LogP contribution in [0.15, 0.2) is 40.4 Å². The summed E-state index contributed by atoms with van der Waals surface area (Å²) in [4.78, 5) is 11.7. The van der Waals surface area contributed by atoms with Crippen LogP contribution in [-0.2, 0) is 17.8 Å². The average Bonchev–Trinajstić information content (AvgIpc) is 2.79. The van der Waals surface area contributed by atoms with Crippen molar-refractivity contribution in [1.29, 1.82) is 0 Å². The maximum atomic E-state index is 10.6. The zero-order valence-corrected chi connectivity index (χ0v) is 11.4. The van der Waals surface area contributed by atoms with Crippen LogP contribution in [0.3, 0.4) is 0 Å². The molecule has 0 atom stereocenters. The number of hydrogen-bond donors (Lipinski definition) is 1. The van der Waals surface area contributed by atoms with E-state index >= 15 is 0 Å². The normalized spacial score (nSPS) is 10.6. The van der Waals surface area contributed by atoms with Crippen LogP contribution in [0.4, 0.5) is 0 Å². The fourth-order valence-corrected chi connectivity index (χ4v) is 2.51. The zero-order chi connectivity index (χ0) is 13.7. The maximum Gasteiger partial charge on any atom is 0.307 e. The fourth-order valence-electron chi connectivity index (χ4n) is 1.66. The Morgan fingerprint density at radius 3 is 2.74 bits per heavy atom. The van der Waals surface area contributed by atoms with E-state index in [9.17, 15) is 4.79 Å². The number of carbonyl (C=O) groups is 1. The molecular weight excluding hydrogens is 262 g/mol. The van der Waals surface area contributed by atoms with Crippen LogP contribution in [0.1, 0.15) is 18.9 Å². The van der Waals surface area contributed by atoms with Gasteiger partial charge < -0.3 is 5.11 Å². The third-order valence-electron chi connectivity index (χ3n) is 2.52. The molecular formula is C13H15N3O2S. The molecule has 0 unspecified atom stereocenters. The summed E-state index contributed by atoms with van der Waals surface area (Å²) >= 11 is 1.58. The minimum atomic E-state index is -0.814. The molecule has 0 saturated carbocycles. The molecule has 5 nitrogen and oxygen atoms in total. The lowest BCUT2D eigenvalue weighted by Gasteiger charge is -2.04. The first-order chi connectivity index (χ1) is 9.19. The summed E-state index contributed by atoms with van der Waals surface area (Å²) in [6.07, 6.45) is 2.81. The van der Waals surface area contributed by atoms with Gasteiger partial charge in [-0.15, -0.1) is 5.10 Å². The van der Waals surface area contributed by atoms with Crippen molar-refractivity contribution in [3.63, 3.8) is 0 Å². The van der Waals surface area contributed by atoms with E-state index in [4.69, 9.17) is 5.11 Å². The topological polar surface area (TPSA) is 68.0 Å². The fraction of sp³-hybridized carbons (Fsp3) is 0.308. The van der Waals surface area contributed by atoms with E-state index in [2.05, 4.69) is 17.2 Å². The number of benzene rings is 1. The summed E-state index contributed by atoms with van der Waals surface area (Å²) in [5, 5.41) is 17.6. The minimum Gasteiger partial charge on any atom is -0.481 e. The van der Waals surface area contributed by atoms with Crippen molar-refractivity contribution in [2.45, 2.75) is 36.2 Å². The Balaban J connectivity index is 2.06. The summed E-state index contributed by atoms with van der Waals surface area (Å²) in [5.74, 6) is -0.814. The highest BCUT2D eigenvalue weighted by molar-refractivity contribution is 7.99. The second kappa shape index (κ2) is 6.38. The highest BCUT2D eigenvalue weighted by atomic mass is 32.2. The molecule has 0 fully saturated rings. The minimum absolute atomic E-state index is 0.0558. The molecule has 19 heavy (non-hydrogen) atoms. The van der Waals surface area contributed by atoms with Crippen LogP contribution in [0.25, 0.3) is 0 Å². The number of rotatable bonds is 6. The molecule has 0 aliphatic carbocycles. The van der Waals surface area contributed by atoms with E-state index < -0.39 is 5.97 Å². The molecule has 0 bridgehead atoms. The van der Waals surface area contributed by atoms with Crippen molar-refractivity contribution in [2.24, 2.45) is 0 Å². The van der Waals surface area contributed by atoms with Crippen molar-refractivity contribution in [1.82, 2.24) is 15.0 Å². The Morgan fingerprint density at radius 2 is 2.11 bits per heavy atom. The highest BCUT2D eigenvalue weighted by Crippen LogP contribution is 2.27. The monoisotopic (exact) mass is 277 g/mol.